The van der Waals surface area contributed by atoms with Crippen molar-refractivity contribution in [3.05, 3.63) is 101 Å². The summed E-state index contributed by atoms with van der Waals surface area (Å²) >= 11 is 6.06. The lowest BCUT2D eigenvalue weighted by molar-refractivity contribution is -0.193. The van der Waals surface area contributed by atoms with E-state index in [0.29, 0.717) is 26.2 Å². The minimum atomic E-state index is -5.08. The maximum Gasteiger partial charge on any atom is 0.490 e. The first-order chi connectivity index (χ1) is 21.5. The van der Waals surface area contributed by atoms with Gasteiger partial charge in [-0.15, -0.1) is 0 Å². The lowest BCUT2D eigenvalue weighted by atomic mass is 9.83. The Bertz CT molecular complexity index is 1440. The van der Waals surface area contributed by atoms with E-state index in [-0.39, 0.29) is 11.8 Å². The molecule has 0 bridgehead atoms. The van der Waals surface area contributed by atoms with Gasteiger partial charge in [-0.1, -0.05) is 60.1 Å². The number of carbonyl (C=O) groups is 3. The van der Waals surface area contributed by atoms with Crippen LogP contribution in [0.4, 0.5) is 26.3 Å². The minimum Gasteiger partial charge on any atom is -0.475 e. The zero-order valence-corrected chi connectivity index (χ0v) is 24.6. The average molecular weight is 676 g/mol. The molecule has 5 rings (SSSR count). The summed E-state index contributed by atoms with van der Waals surface area (Å²) in [5, 5.41) is 15.0. The van der Waals surface area contributed by atoms with Crippen LogP contribution in [-0.4, -0.2) is 87.0 Å². The highest BCUT2D eigenvalue weighted by atomic mass is 35.5. The lowest BCUT2D eigenvalue weighted by Gasteiger charge is -2.42. The number of hydrogen-bond acceptors (Lipinski definition) is 6. The molecular weight excluding hydrogens is 648 g/mol. The highest BCUT2D eigenvalue weighted by molar-refractivity contribution is 6.30. The number of likely N-dealkylation sites (tertiary alicyclic amines) is 1. The Kier molecular flexibility index (Phi) is 12.1. The SMILES string of the molecule is O=C(O)C(F)(F)F.O=C(O)C(F)(F)F.O=C1N(Cc2ccccc2)CCOC12CN(Cc1ccc(Cl)cc1)CC2c1cccnc1. The predicted molar refractivity (Wildman–Crippen MR) is 152 cm³/mol. The zero-order valence-electron chi connectivity index (χ0n) is 23.8. The number of nitrogens with zero attached hydrogens (tertiary/aromatic N) is 3. The molecule has 1 amide bonds. The fraction of sp³-hybridized carbons (Fsp3) is 0.333. The van der Waals surface area contributed by atoms with Gasteiger partial charge in [0.25, 0.3) is 5.91 Å². The molecule has 0 radical (unpaired) electrons. The number of alkyl halides is 6. The van der Waals surface area contributed by atoms with E-state index in [2.05, 4.69) is 28.1 Å². The fourth-order valence-electron chi connectivity index (χ4n) is 4.92. The molecule has 1 aromatic heterocycles. The maximum absolute atomic E-state index is 13.9. The topological polar surface area (TPSA) is 120 Å². The largest absolute Gasteiger partial charge is 0.490 e. The average Bonchev–Trinajstić information content (AvgIpc) is 3.35. The van der Waals surface area contributed by atoms with Gasteiger partial charge in [-0.25, -0.2) is 9.59 Å². The van der Waals surface area contributed by atoms with Gasteiger partial charge >= 0.3 is 24.3 Å². The Morgan fingerprint density at radius 1 is 0.891 bits per heavy atom. The Morgan fingerprint density at radius 2 is 1.46 bits per heavy atom. The molecule has 3 heterocycles. The molecule has 9 nitrogen and oxygen atoms in total. The smallest absolute Gasteiger partial charge is 0.475 e. The summed E-state index contributed by atoms with van der Waals surface area (Å²) < 4.78 is 69.9. The van der Waals surface area contributed by atoms with Crippen LogP contribution in [0.1, 0.15) is 22.6 Å². The van der Waals surface area contributed by atoms with Gasteiger partial charge in [0.15, 0.2) is 5.60 Å². The van der Waals surface area contributed by atoms with E-state index >= 15 is 0 Å². The second-order valence-electron chi connectivity index (χ2n) is 10.2. The number of morpholine rings is 1. The molecule has 46 heavy (non-hydrogen) atoms. The van der Waals surface area contributed by atoms with Crippen molar-refractivity contribution in [2.24, 2.45) is 0 Å². The number of hydrogen-bond donors (Lipinski definition) is 2. The number of benzene rings is 2. The zero-order chi connectivity index (χ0) is 34.1. The number of aliphatic carboxylic acids is 2. The predicted octanol–water partition coefficient (Wildman–Crippen LogP) is 5.40. The number of halogens is 7. The van der Waals surface area contributed by atoms with E-state index in [1.165, 1.54) is 5.56 Å². The molecule has 0 saturated carbocycles. The van der Waals surface area contributed by atoms with Gasteiger partial charge in [0.05, 0.1) is 6.61 Å². The Labute approximate surface area is 264 Å². The van der Waals surface area contributed by atoms with Crippen LogP contribution in [0, 0.1) is 0 Å². The van der Waals surface area contributed by atoms with Crippen molar-refractivity contribution in [1.29, 1.82) is 0 Å². The summed E-state index contributed by atoms with van der Waals surface area (Å²) in [7, 11) is 0. The van der Waals surface area contributed by atoms with Crippen LogP contribution in [0.25, 0.3) is 0 Å². The number of carboxylic acids is 2. The first-order valence-electron chi connectivity index (χ1n) is 13.5. The molecule has 3 aromatic rings. The quantitative estimate of drug-likeness (QED) is 0.345. The number of rotatable bonds is 5. The number of ether oxygens (including phenoxy) is 1. The molecule has 2 unspecified atom stereocenters. The van der Waals surface area contributed by atoms with Crippen LogP contribution < -0.4 is 0 Å². The highest BCUT2D eigenvalue weighted by Crippen LogP contribution is 2.42. The van der Waals surface area contributed by atoms with Gasteiger partial charge in [0.2, 0.25) is 0 Å². The molecule has 2 aromatic carbocycles. The lowest BCUT2D eigenvalue weighted by Crippen LogP contribution is -2.59. The normalized spacial score (nSPS) is 19.9. The van der Waals surface area contributed by atoms with Crippen LogP contribution in [0.5, 0.6) is 0 Å². The van der Waals surface area contributed by atoms with Crippen LogP contribution in [0.2, 0.25) is 5.02 Å². The number of carbonyl (C=O) groups excluding carboxylic acids is 1. The summed E-state index contributed by atoms with van der Waals surface area (Å²) in [6, 6.07) is 22.0. The number of aromatic nitrogens is 1. The minimum absolute atomic E-state index is 0.0695. The number of pyridine rings is 1. The third-order valence-corrected chi connectivity index (χ3v) is 7.19. The molecule has 1 spiro atoms. The molecule has 16 heteroatoms. The van der Waals surface area contributed by atoms with E-state index < -0.39 is 29.9 Å². The second-order valence-corrected chi connectivity index (χ2v) is 10.6. The summed E-state index contributed by atoms with van der Waals surface area (Å²) in [4.78, 5) is 40.3. The van der Waals surface area contributed by atoms with E-state index in [1.54, 1.807) is 6.20 Å². The molecule has 2 aliphatic heterocycles. The second kappa shape index (κ2) is 15.4. The molecule has 2 N–H and O–H groups in total. The van der Waals surface area contributed by atoms with Crippen LogP contribution in [-0.2, 0) is 32.2 Å². The molecule has 2 fully saturated rings. The summed E-state index contributed by atoms with van der Waals surface area (Å²) in [6.07, 6.45) is -6.53. The van der Waals surface area contributed by atoms with Gasteiger partial charge in [0.1, 0.15) is 0 Å². The Hall–Kier alpha value is -4.21. The highest BCUT2D eigenvalue weighted by Gasteiger charge is 2.57. The van der Waals surface area contributed by atoms with Crippen LogP contribution in [0.3, 0.4) is 0 Å². The Morgan fingerprint density at radius 3 is 1.98 bits per heavy atom. The fourth-order valence-corrected chi connectivity index (χ4v) is 5.05. The van der Waals surface area contributed by atoms with Gasteiger partial charge in [-0.2, -0.15) is 26.3 Å². The number of amides is 1. The van der Waals surface area contributed by atoms with Crippen LogP contribution in [0.15, 0.2) is 79.1 Å². The molecular formula is C30H28ClF6N3O6. The van der Waals surface area contributed by atoms with Crippen LogP contribution >= 0.6 is 11.6 Å². The van der Waals surface area contributed by atoms with Crippen molar-refractivity contribution < 1.29 is 55.7 Å². The van der Waals surface area contributed by atoms with E-state index in [0.717, 1.165) is 29.2 Å². The molecule has 2 aliphatic rings. The molecule has 248 valence electrons. The summed E-state index contributed by atoms with van der Waals surface area (Å²) in [5.74, 6) is -5.52. The first kappa shape index (κ1) is 36.3. The van der Waals surface area contributed by atoms with E-state index in [1.807, 2.05) is 59.6 Å². The molecule has 2 atom stereocenters. The van der Waals surface area contributed by atoms with Gasteiger partial charge < -0.3 is 19.8 Å². The van der Waals surface area contributed by atoms with Crippen molar-refractivity contribution >= 4 is 29.4 Å². The summed E-state index contributed by atoms with van der Waals surface area (Å²) in [6.45, 7) is 3.77. The number of carboxylic acid groups (broad SMARTS) is 2. The van der Waals surface area contributed by atoms with Gasteiger partial charge in [-0.05, 0) is 34.9 Å². The van der Waals surface area contributed by atoms with E-state index in [9.17, 15) is 31.1 Å². The van der Waals surface area contributed by atoms with Gasteiger partial charge in [-0.3, -0.25) is 14.7 Å². The third kappa shape index (κ3) is 9.89. The van der Waals surface area contributed by atoms with Crippen molar-refractivity contribution in [3.63, 3.8) is 0 Å². The Balaban J connectivity index is 0.000000345. The van der Waals surface area contributed by atoms with Crippen molar-refractivity contribution in [1.82, 2.24) is 14.8 Å². The monoisotopic (exact) mass is 675 g/mol. The maximum atomic E-state index is 13.9. The standard InChI is InChI=1S/C26H26ClN3O2.2C2HF3O2/c27-23-10-8-21(9-11-23)16-29-18-24(22-7-4-12-28-15-22)26(19-29)25(31)30(13-14-32-26)17-20-5-2-1-3-6-20;2*3-2(4,5)1(6)7/h1-12,15,24H,13-14,16-19H2;2*(H,6,7). The summed E-state index contributed by atoms with van der Waals surface area (Å²) in [5.41, 5.74) is 2.44. The third-order valence-electron chi connectivity index (χ3n) is 6.94. The van der Waals surface area contributed by atoms with Crippen molar-refractivity contribution in [2.45, 2.75) is 37.0 Å². The first-order valence-corrected chi connectivity index (χ1v) is 13.8. The van der Waals surface area contributed by atoms with Crippen molar-refractivity contribution in [2.75, 3.05) is 26.2 Å². The van der Waals surface area contributed by atoms with E-state index in [4.69, 9.17) is 36.1 Å². The van der Waals surface area contributed by atoms with Gasteiger partial charge in [0, 0.05) is 56.1 Å². The van der Waals surface area contributed by atoms with Crippen molar-refractivity contribution in [3.8, 4) is 0 Å². The molecule has 2 saturated heterocycles. The molecule has 0 aliphatic carbocycles.